The molecule has 1 unspecified atom stereocenters. The van der Waals surface area contributed by atoms with Crippen LogP contribution in [0.25, 0.3) is 0 Å². The highest BCUT2D eigenvalue weighted by Crippen LogP contribution is 2.31. The maximum Gasteiger partial charge on any atom is 0.310 e. The molecule has 0 aliphatic rings. The van der Waals surface area contributed by atoms with Crippen molar-refractivity contribution in [3.63, 3.8) is 0 Å². The highest BCUT2D eigenvalue weighted by molar-refractivity contribution is 5.83. The van der Waals surface area contributed by atoms with Gasteiger partial charge >= 0.3 is 5.69 Å². The molecule has 1 rings (SSSR count). The van der Waals surface area contributed by atoms with Gasteiger partial charge in [-0.2, -0.15) is 0 Å². The lowest BCUT2D eigenvalue weighted by Gasteiger charge is -2.12. The van der Waals surface area contributed by atoms with Gasteiger partial charge in [-0.3, -0.25) is 14.9 Å². The van der Waals surface area contributed by atoms with E-state index in [9.17, 15) is 14.9 Å². The summed E-state index contributed by atoms with van der Waals surface area (Å²) in [5, 5.41) is 10.7. The van der Waals surface area contributed by atoms with Gasteiger partial charge in [0.15, 0.2) is 5.75 Å². The first-order chi connectivity index (χ1) is 8.01. The number of hydrogen-bond acceptors (Lipinski definition) is 4. The van der Waals surface area contributed by atoms with Crippen LogP contribution in [0.1, 0.15) is 31.7 Å². The third kappa shape index (κ3) is 2.81. The SMILES string of the molecule is CCC(C(C)=O)c1ccc([N+](=O)[O-])c(OC)c1. The minimum absolute atomic E-state index is 0.0448. The van der Waals surface area contributed by atoms with Crippen molar-refractivity contribution >= 4 is 11.5 Å². The normalized spacial score (nSPS) is 11.9. The number of nitro benzene ring substituents is 1. The number of benzene rings is 1. The Bertz CT molecular complexity index is 442. The predicted octanol–water partition coefficient (Wildman–Crippen LogP) is 2.69. The van der Waals surface area contributed by atoms with Crippen molar-refractivity contribution in [3.8, 4) is 5.75 Å². The average molecular weight is 237 g/mol. The summed E-state index contributed by atoms with van der Waals surface area (Å²) in [6, 6.07) is 4.55. The first-order valence-corrected chi connectivity index (χ1v) is 5.34. The van der Waals surface area contributed by atoms with Crippen LogP contribution in [-0.2, 0) is 4.79 Å². The Morgan fingerprint density at radius 3 is 2.59 bits per heavy atom. The molecule has 0 saturated heterocycles. The maximum absolute atomic E-state index is 11.4. The number of carbonyl (C=O) groups excluding carboxylic acids is 1. The molecule has 0 heterocycles. The van der Waals surface area contributed by atoms with E-state index < -0.39 is 4.92 Å². The zero-order chi connectivity index (χ0) is 13.0. The molecule has 0 saturated carbocycles. The Morgan fingerprint density at radius 1 is 1.53 bits per heavy atom. The minimum atomic E-state index is -0.503. The molecule has 0 amide bonds. The van der Waals surface area contributed by atoms with Gasteiger partial charge in [-0.25, -0.2) is 0 Å². The van der Waals surface area contributed by atoms with Crippen molar-refractivity contribution in [1.82, 2.24) is 0 Å². The maximum atomic E-state index is 11.4. The fraction of sp³-hybridized carbons (Fsp3) is 0.417. The van der Waals surface area contributed by atoms with Crippen molar-refractivity contribution in [3.05, 3.63) is 33.9 Å². The summed E-state index contributed by atoms with van der Waals surface area (Å²) in [4.78, 5) is 21.6. The molecule has 0 aliphatic carbocycles. The summed E-state index contributed by atoms with van der Waals surface area (Å²) in [5.74, 6) is 0.000287. The molecule has 0 spiro atoms. The number of ketones is 1. The second-order valence-electron chi connectivity index (χ2n) is 3.76. The Balaban J connectivity index is 3.21. The average Bonchev–Trinajstić information content (AvgIpc) is 2.28. The third-order valence-electron chi connectivity index (χ3n) is 2.70. The van der Waals surface area contributed by atoms with Crippen LogP contribution in [0.3, 0.4) is 0 Å². The first-order valence-electron chi connectivity index (χ1n) is 5.34. The first kappa shape index (κ1) is 13.2. The Labute approximate surface area is 99.5 Å². The van der Waals surface area contributed by atoms with Crippen molar-refractivity contribution in [2.75, 3.05) is 7.11 Å². The lowest BCUT2D eigenvalue weighted by Crippen LogP contribution is -2.08. The Hall–Kier alpha value is -1.91. The highest BCUT2D eigenvalue weighted by atomic mass is 16.6. The number of nitrogens with zero attached hydrogens (tertiary/aromatic N) is 1. The van der Waals surface area contributed by atoms with Crippen LogP contribution >= 0.6 is 0 Å². The predicted molar refractivity (Wildman–Crippen MR) is 63.4 cm³/mol. The van der Waals surface area contributed by atoms with Crippen LogP contribution in [0, 0.1) is 10.1 Å². The van der Waals surface area contributed by atoms with E-state index in [1.807, 2.05) is 6.92 Å². The molecular weight excluding hydrogens is 222 g/mol. The summed E-state index contributed by atoms with van der Waals surface area (Å²) < 4.78 is 4.97. The fourth-order valence-electron chi connectivity index (χ4n) is 1.82. The molecule has 5 heteroatoms. The zero-order valence-electron chi connectivity index (χ0n) is 10.1. The third-order valence-corrected chi connectivity index (χ3v) is 2.70. The molecule has 0 fully saturated rings. The van der Waals surface area contributed by atoms with Gasteiger partial charge in [-0.05, 0) is 25.0 Å². The highest BCUT2D eigenvalue weighted by Gasteiger charge is 2.20. The van der Waals surface area contributed by atoms with E-state index in [4.69, 9.17) is 4.74 Å². The molecule has 0 radical (unpaired) electrons. The monoisotopic (exact) mass is 237 g/mol. The standard InChI is InChI=1S/C12H15NO4/c1-4-10(8(2)14)9-5-6-11(13(15)16)12(7-9)17-3/h5-7,10H,4H2,1-3H3. The summed E-state index contributed by atoms with van der Waals surface area (Å²) in [6.45, 7) is 3.42. The smallest absolute Gasteiger partial charge is 0.310 e. The lowest BCUT2D eigenvalue weighted by atomic mass is 9.92. The largest absolute Gasteiger partial charge is 0.490 e. The molecule has 17 heavy (non-hydrogen) atoms. The van der Waals surface area contributed by atoms with Crippen molar-refractivity contribution < 1.29 is 14.5 Å². The molecule has 0 aliphatic heterocycles. The van der Waals surface area contributed by atoms with E-state index in [0.29, 0.717) is 6.42 Å². The van der Waals surface area contributed by atoms with Crippen LogP contribution in [0.5, 0.6) is 5.75 Å². The molecule has 1 aromatic carbocycles. The number of methoxy groups -OCH3 is 1. The number of nitro groups is 1. The van der Waals surface area contributed by atoms with Crippen molar-refractivity contribution in [2.24, 2.45) is 0 Å². The van der Waals surface area contributed by atoms with Gasteiger partial charge in [0.1, 0.15) is 5.78 Å². The second-order valence-corrected chi connectivity index (χ2v) is 3.76. The summed E-state index contributed by atoms with van der Waals surface area (Å²) in [6.07, 6.45) is 0.663. The summed E-state index contributed by atoms with van der Waals surface area (Å²) in [5.41, 5.74) is 0.664. The Morgan fingerprint density at radius 2 is 2.18 bits per heavy atom. The number of hydrogen-bond donors (Lipinski definition) is 0. The molecule has 0 N–H and O–H groups in total. The minimum Gasteiger partial charge on any atom is -0.490 e. The fourth-order valence-corrected chi connectivity index (χ4v) is 1.82. The van der Waals surface area contributed by atoms with Crippen LogP contribution in [0.2, 0.25) is 0 Å². The second kappa shape index (κ2) is 5.43. The zero-order valence-corrected chi connectivity index (χ0v) is 10.1. The topological polar surface area (TPSA) is 69.4 Å². The van der Waals surface area contributed by atoms with Gasteiger partial charge in [-0.1, -0.05) is 13.0 Å². The molecular formula is C12H15NO4. The van der Waals surface area contributed by atoms with Gasteiger partial charge < -0.3 is 4.74 Å². The van der Waals surface area contributed by atoms with E-state index in [1.54, 1.807) is 12.1 Å². The van der Waals surface area contributed by atoms with Gasteiger partial charge in [0.2, 0.25) is 0 Å². The van der Waals surface area contributed by atoms with Crippen molar-refractivity contribution in [2.45, 2.75) is 26.2 Å². The Kier molecular flexibility index (Phi) is 4.20. The van der Waals surface area contributed by atoms with Gasteiger partial charge in [0.25, 0.3) is 0 Å². The molecule has 0 aromatic heterocycles. The number of ether oxygens (including phenoxy) is 1. The summed E-state index contributed by atoms with van der Waals surface area (Å²) in [7, 11) is 1.38. The van der Waals surface area contributed by atoms with E-state index in [0.717, 1.165) is 5.56 Å². The molecule has 5 nitrogen and oxygen atoms in total. The molecule has 92 valence electrons. The van der Waals surface area contributed by atoms with Crippen LogP contribution in [0.4, 0.5) is 5.69 Å². The number of Topliss-reactive ketones (excluding diaryl/α,β-unsaturated/α-hetero) is 1. The van der Waals surface area contributed by atoms with E-state index in [2.05, 4.69) is 0 Å². The molecule has 1 atom stereocenters. The van der Waals surface area contributed by atoms with Crippen LogP contribution in [0.15, 0.2) is 18.2 Å². The van der Waals surface area contributed by atoms with Crippen LogP contribution < -0.4 is 4.74 Å². The van der Waals surface area contributed by atoms with Gasteiger partial charge in [-0.15, -0.1) is 0 Å². The van der Waals surface area contributed by atoms with Gasteiger partial charge in [0.05, 0.1) is 12.0 Å². The quantitative estimate of drug-likeness (QED) is 0.583. The van der Waals surface area contributed by atoms with Crippen molar-refractivity contribution in [1.29, 1.82) is 0 Å². The van der Waals surface area contributed by atoms with E-state index in [1.165, 1.54) is 20.1 Å². The summed E-state index contributed by atoms with van der Waals surface area (Å²) >= 11 is 0. The van der Waals surface area contributed by atoms with E-state index in [-0.39, 0.29) is 23.1 Å². The number of carbonyl (C=O) groups is 1. The number of rotatable bonds is 5. The molecule has 1 aromatic rings. The van der Waals surface area contributed by atoms with Crippen LogP contribution in [-0.4, -0.2) is 17.8 Å². The molecule has 0 bridgehead atoms. The lowest BCUT2D eigenvalue weighted by molar-refractivity contribution is -0.385. The van der Waals surface area contributed by atoms with Gasteiger partial charge in [0, 0.05) is 12.0 Å². The van der Waals surface area contributed by atoms with E-state index >= 15 is 0 Å².